The molecule has 128 valence electrons. The zero-order chi connectivity index (χ0) is 17.2. The third-order valence-electron chi connectivity index (χ3n) is 4.18. The summed E-state index contributed by atoms with van der Waals surface area (Å²) in [7, 11) is 1.53. The predicted molar refractivity (Wildman–Crippen MR) is 88.0 cm³/mol. The number of esters is 1. The molecule has 7 heteroatoms. The summed E-state index contributed by atoms with van der Waals surface area (Å²) in [5.74, 6) is -0.522. The predicted octanol–water partition coefficient (Wildman–Crippen LogP) is 1.50. The molecule has 1 aromatic carbocycles. The number of hydrogen-bond donors (Lipinski definition) is 0. The second-order valence-corrected chi connectivity index (χ2v) is 7.95. The van der Waals surface area contributed by atoms with Gasteiger partial charge in [0, 0.05) is 19.1 Å². The molecule has 23 heavy (non-hydrogen) atoms. The summed E-state index contributed by atoms with van der Waals surface area (Å²) in [4.78, 5) is 14.0. The van der Waals surface area contributed by atoms with Crippen LogP contribution in [0.25, 0.3) is 0 Å². The van der Waals surface area contributed by atoms with E-state index in [1.807, 2.05) is 19.0 Å². The van der Waals surface area contributed by atoms with Gasteiger partial charge in [0.2, 0.25) is 10.0 Å². The number of likely N-dealkylation sites (N-methyl/N-ethyl adjacent to an activating group) is 1. The van der Waals surface area contributed by atoms with Crippen molar-refractivity contribution in [3.05, 3.63) is 29.3 Å². The molecule has 1 unspecified atom stereocenters. The SMILES string of the molecule is COC(=O)c1cccc(S(=O)(=O)N2CCCC2CN(C)C)c1C. The molecule has 1 atom stereocenters. The van der Waals surface area contributed by atoms with Crippen LogP contribution in [-0.2, 0) is 14.8 Å². The second-order valence-electron chi connectivity index (χ2n) is 6.09. The zero-order valence-electron chi connectivity index (χ0n) is 14.1. The topological polar surface area (TPSA) is 66.9 Å². The van der Waals surface area contributed by atoms with E-state index in [1.54, 1.807) is 29.4 Å². The van der Waals surface area contributed by atoms with Crippen LogP contribution in [0.3, 0.4) is 0 Å². The third kappa shape index (κ3) is 3.57. The van der Waals surface area contributed by atoms with E-state index in [2.05, 4.69) is 0 Å². The van der Waals surface area contributed by atoms with Gasteiger partial charge in [-0.2, -0.15) is 4.31 Å². The summed E-state index contributed by atoms with van der Waals surface area (Å²) in [6.07, 6.45) is 1.71. The van der Waals surface area contributed by atoms with Crippen LogP contribution in [0.1, 0.15) is 28.8 Å². The maximum absolute atomic E-state index is 13.1. The lowest BCUT2D eigenvalue weighted by molar-refractivity contribution is 0.0599. The molecule has 0 bridgehead atoms. The summed E-state index contributed by atoms with van der Waals surface area (Å²) < 4.78 is 32.4. The number of hydrogen-bond acceptors (Lipinski definition) is 5. The van der Waals surface area contributed by atoms with Gasteiger partial charge in [0.1, 0.15) is 0 Å². The van der Waals surface area contributed by atoms with Crippen molar-refractivity contribution in [3.8, 4) is 0 Å². The van der Waals surface area contributed by atoms with Crippen molar-refractivity contribution in [2.24, 2.45) is 0 Å². The quantitative estimate of drug-likeness (QED) is 0.760. The zero-order valence-corrected chi connectivity index (χ0v) is 14.9. The highest BCUT2D eigenvalue weighted by atomic mass is 32.2. The molecule has 2 rings (SSSR count). The molecular weight excluding hydrogens is 316 g/mol. The number of sulfonamides is 1. The average Bonchev–Trinajstić information content (AvgIpc) is 2.94. The van der Waals surface area contributed by atoms with Gasteiger partial charge in [-0.3, -0.25) is 0 Å². The molecule has 1 saturated heterocycles. The summed E-state index contributed by atoms with van der Waals surface area (Å²) in [5.41, 5.74) is 0.729. The molecule has 0 N–H and O–H groups in total. The minimum Gasteiger partial charge on any atom is -0.465 e. The van der Waals surface area contributed by atoms with Crippen molar-refractivity contribution < 1.29 is 17.9 Å². The van der Waals surface area contributed by atoms with Crippen molar-refractivity contribution >= 4 is 16.0 Å². The smallest absolute Gasteiger partial charge is 0.338 e. The monoisotopic (exact) mass is 340 g/mol. The molecule has 1 aromatic rings. The van der Waals surface area contributed by atoms with Crippen molar-refractivity contribution in [2.75, 3.05) is 34.3 Å². The number of benzene rings is 1. The normalized spacial score (nSPS) is 19.3. The Morgan fingerprint density at radius 2 is 2.09 bits per heavy atom. The van der Waals surface area contributed by atoms with Crippen LogP contribution in [0.2, 0.25) is 0 Å². The Bertz CT molecular complexity index is 685. The van der Waals surface area contributed by atoms with E-state index < -0.39 is 16.0 Å². The number of carbonyl (C=O) groups is 1. The van der Waals surface area contributed by atoms with Gasteiger partial charge in [-0.05, 0) is 51.6 Å². The molecule has 0 aromatic heterocycles. The van der Waals surface area contributed by atoms with Gasteiger partial charge < -0.3 is 9.64 Å². The van der Waals surface area contributed by atoms with Gasteiger partial charge in [0.05, 0.1) is 17.6 Å². The maximum Gasteiger partial charge on any atom is 0.338 e. The Morgan fingerprint density at radius 3 is 2.70 bits per heavy atom. The Labute approximate surface area is 138 Å². The fourth-order valence-electron chi connectivity index (χ4n) is 3.08. The van der Waals surface area contributed by atoms with Gasteiger partial charge in [0.25, 0.3) is 0 Å². The Kier molecular flexibility index (Phi) is 5.44. The standard InChI is InChI=1S/C16H24N2O4S/c1-12-14(16(19)22-4)8-5-9-15(12)23(20,21)18-10-6-7-13(18)11-17(2)3/h5,8-9,13H,6-7,10-11H2,1-4H3. The number of ether oxygens (including phenoxy) is 1. The number of carbonyl (C=O) groups excluding carboxylic acids is 1. The van der Waals surface area contributed by atoms with Crippen LogP contribution in [0.4, 0.5) is 0 Å². The largest absolute Gasteiger partial charge is 0.465 e. The summed E-state index contributed by atoms with van der Waals surface area (Å²) in [6, 6.07) is 4.70. The van der Waals surface area contributed by atoms with E-state index in [4.69, 9.17) is 4.74 Å². The van der Waals surface area contributed by atoms with Crippen molar-refractivity contribution in [1.82, 2.24) is 9.21 Å². The molecule has 0 radical (unpaired) electrons. The molecule has 1 heterocycles. The van der Waals surface area contributed by atoms with Gasteiger partial charge in [-0.1, -0.05) is 6.07 Å². The number of methoxy groups -OCH3 is 1. The van der Waals surface area contributed by atoms with Crippen LogP contribution in [0.5, 0.6) is 0 Å². The van der Waals surface area contributed by atoms with Crippen LogP contribution in [0, 0.1) is 6.92 Å². The fraction of sp³-hybridized carbons (Fsp3) is 0.562. The van der Waals surface area contributed by atoms with Gasteiger partial charge in [-0.15, -0.1) is 0 Å². The van der Waals surface area contributed by atoms with Gasteiger partial charge in [0.15, 0.2) is 0 Å². The summed E-state index contributed by atoms with van der Waals surface area (Å²) >= 11 is 0. The van der Waals surface area contributed by atoms with Crippen LogP contribution in [-0.4, -0.2) is 63.9 Å². The lowest BCUT2D eigenvalue weighted by atomic mass is 10.1. The van der Waals surface area contributed by atoms with E-state index in [0.29, 0.717) is 18.7 Å². The number of rotatable bonds is 5. The fourth-order valence-corrected chi connectivity index (χ4v) is 5.02. The van der Waals surface area contributed by atoms with E-state index in [1.165, 1.54) is 7.11 Å². The van der Waals surface area contributed by atoms with Crippen molar-refractivity contribution in [3.63, 3.8) is 0 Å². The highest BCUT2D eigenvalue weighted by Gasteiger charge is 2.36. The second kappa shape index (κ2) is 6.98. The highest BCUT2D eigenvalue weighted by molar-refractivity contribution is 7.89. The molecule has 0 amide bonds. The third-order valence-corrected chi connectivity index (χ3v) is 6.27. The lowest BCUT2D eigenvalue weighted by Gasteiger charge is -2.27. The molecule has 0 saturated carbocycles. The Hall–Kier alpha value is -1.44. The highest BCUT2D eigenvalue weighted by Crippen LogP contribution is 2.29. The first-order chi connectivity index (χ1) is 10.8. The van der Waals surface area contributed by atoms with E-state index in [9.17, 15) is 13.2 Å². The molecule has 1 aliphatic rings. The van der Waals surface area contributed by atoms with E-state index >= 15 is 0 Å². The molecule has 1 aliphatic heterocycles. The molecule has 0 spiro atoms. The van der Waals surface area contributed by atoms with Crippen molar-refractivity contribution in [1.29, 1.82) is 0 Å². The summed E-state index contributed by atoms with van der Waals surface area (Å²) in [6.45, 7) is 2.86. The van der Waals surface area contributed by atoms with Crippen LogP contribution < -0.4 is 0 Å². The first kappa shape index (κ1) is 17.9. The minimum absolute atomic E-state index is 0.0313. The maximum atomic E-state index is 13.1. The first-order valence-electron chi connectivity index (χ1n) is 7.63. The van der Waals surface area contributed by atoms with Gasteiger partial charge in [-0.25, -0.2) is 13.2 Å². The van der Waals surface area contributed by atoms with Crippen LogP contribution >= 0.6 is 0 Å². The number of nitrogens with zero attached hydrogens (tertiary/aromatic N) is 2. The Morgan fingerprint density at radius 1 is 1.39 bits per heavy atom. The van der Waals surface area contributed by atoms with Gasteiger partial charge >= 0.3 is 5.97 Å². The first-order valence-corrected chi connectivity index (χ1v) is 9.07. The molecule has 6 nitrogen and oxygen atoms in total. The lowest BCUT2D eigenvalue weighted by Crippen LogP contribution is -2.41. The van der Waals surface area contributed by atoms with E-state index in [0.717, 1.165) is 12.8 Å². The molecule has 0 aliphatic carbocycles. The average molecular weight is 340 g/mol. The van der Waals surface area contributed by atoms with Crippen molar-refractivity contribution in [2.45, 2.75) is 30.7 Å². The molecular formula is C16H24N2O4S. The van der Waals surface area contributed by atoms with E-state index in [-0.39, 0.29) is 16.5 Å². The summed E-state index contributed by atoms with van der Waals surface area (Å²) in [5, 5.41) is 0. The van der Waals surface area contributed by atoms with Crippen LogP contribution in [0.15, 0.2) is 23.1 Å². The minimum atomic E-state index is -3.63. The Balaban J connectivity index is 2.42. The molecule has 1 fully saturated rings.